The molecule has 0 aliphatic rings. The van der Waals surface area contributed by atoms with Crippen LogP contribution in [0.2, 0.25) is 0 Å². The van der Waals surface area contributed by atoms with Gasteiger partial charge in [-0.25, -0.2) is 17.9 Å². The van der Waals surface area contributed by atoms with Crippen molar-refractivity contribution >= 4 is 33.2 Å². The summed E-state index contributed by atoms with van der Waals surface area (Å²) < 4.78 is 29.5. The van der Waals surface area contributed by atoms with Crippen molar-refractivity contribution in [1.82, 2.24) is 9.62 Å². The summed E-state index contributed by atoms with van der Waals surface area (Å²) in [6.07, 6.45) is 1.58. The van der Waals surface area contributed by atoms with Crippen LogP contribution in [0.3, 0.4) is 0 Å². The normalized spacial score (nSPS) is 11.8. The molecule has 0 atom stereocenters. The first kappa shape index (κ1) is 21.6. The number of ether oxygens (including phenoxy) is 1. The van der Waals surface area contributed by atoms with Crippen LogP contribution in [0.5, 0.6) is 0 Å². The zero-order valence-corrected chi connectivity index (χ0v) is 16.9. The smallest absolute Gasteiger partial charge is 0.348 e. The molecule has 1 rings (SSSR count). The molecule has 7 nitrogen and oxygen atoms in total. The summed E-state index contributed by atoms with van der Waals surface area (Å²) in [5, 5.41) is 0. The van der Waals surface area contributed by atoms with E-state index in [2.05, 4.69) is 4.72 Å². The molecule has 25 heavy (non-hydrogen) atoms. The van der Waals surface area contributed by atoms with Gasteiger partial charge in [-0.05, 0) is 46.2 Å². The maximum absolute atomic E-state index is 12.2. The van der Waals surface area contributed by atoms with E-state index in [0.29, 0.717) is 11.3 Å². The number of carbonyl (C=O) groups is 2. The Morgan fingerprint density at radius 1 is 1.20 bits per heavy atom. The third kappa shape index (κ3) is 7.54. The van der Waals surface area contributed by atoms with Gasteiger partial charge in [-0.2, -0.15) is 0 Å². The molecule has 1 N–H and O–H groups in total. The van der Waals surface area contributed by atoms with Crippen LogP contribution in [-0.2, 0) is 26.0 Å². The number of rotatable bonds is 9. The van der Waals surface area contributed by atoms with Gasteiger partial charge in [0, 0.05) is 23.5 Å². The molecule has 0 fully saturated rings. The van der Waals surface area contributed by atoms with Gasteiger partial charge < -0.3 is 9.64 Å². The van der Waals surface area contributed by atoms with Crippen molar-refractivity contribution in [1.29, 1.82) is 0 Å². The molecule has 9 heteroatoms. The first-order valence-electron chi connectivity index (χ1n) is 8.03. The second-order valence-electron chi connectivity index (χ2n) is 6.25. The van der Waals surface area contributed by atoms with E-state index < -0.39 is 16.0 Å². The maximum Gasteiger partial charge on any atom is 0.348 e. The first-order valence-corrected chi connectivity index (χ1v) is 10.7. The molecule has 0 aliphatic carbocycles. The fraction of sp³-hybridized carbons (Fsp3) is 0.625. The van der Waals surface area contributed by atoms with Gasteiger partial charge in [0.05, 0.1) is 6.26 Å². The Morgan fingerprint density at radius 2 is 1.80 bits per heavy atom. The lowest BCUT2D eigenvalue weighted by Gasteiger charge is -2.30. The Labute approximate surface area is 153 Å². The van der Waals surface area contributed by atoms with Crippen LogP contribution in [0.15, 0.2) is 12.1 Å². The van der Waals surface area contributed by atoms with E-state index in [1.807, 2.05) is 27.7 Å². The van der Waals surface area contributed by atoms with Gasteiger partial charge in [0.2, 0.25) is 10.0 Å². The van der Waals surface area contributed by atoms with Crippen LogP contribution in [-0.4, -0.2) is 56.7 Å². The Hall–Kier alpha value is -1.45. The summed E-state index contributed by atoms with van der Waals surface area (Å²) in [5.41, 5.74) is 0. The molecule has 0 saturated heterocycles. The second-order valence-corrected chi connectivity index (χ2v) is 9.25. The van der Waals surface area contributed by atoms with Crippen molar-refractivity contribution in [3.63, 3.8) is 0 Å². The van der Waals surface area contributed by atoms with E-state index in [-0.39, 0.29) is 31.1 Å². The largest absolute Gasteiger partial charge is 0.451 e. The van der Waals surface area contributed by atoms with Crippen molar-refractivity contribution < 1.29 is 22.7 Å². The average molecular weight is 391 g/mol. The molecular weight excluding hydrogens is 364 g/mol. The van der Waals surface area contributed by atoms with Gasteiger partial charge in [-0.3, -0.25) is 4.79 Å². The summed E-state index contributed by atoms with van der Waals surface area (Å²) >= 11 is 1.23. The van der Waals surface area contributed by atoms with Crippen molar-refractivity contribution in [2.75, 3.05) is 19.4 Å². The van der Waals surface area contributed by atoms with Crippen LogP contribution >= 0.6 is 11.3 Å². The highest BCUT2D eigenvalue weighted by Gasteiger charge is 2.22. The SMILES string of the molecule is CC(C)N(C(=O)COC(=O)c1ccc(CCNS(C)(=O)=O)s1)C(C)C. The summed E-state index contributed by atoms with van der Waals surface area (Å²) in [6.45, 7) is 7.62. The summed E-state index contributed by atoms with van der Waals surface area (Å²) in [6, 6.07) is 3.43. The zero-order chi connectivity index (χ0) is 19.2. The highest BCUT2D eigenvalue weighted by molar-refractivity contribution is 7.88. The van der Waals surface area contributed by atoms with Crippen LogP contribution in [0.25, 0.3) is 0 Å². The number of esters is 1. The molecule has 0 aliphatic heterocycles. The number of thiophene rings is 1. The van der Waals surface area contributed by atoms with Gasteiger partial charge in [0.25, 0.3) is 5.91 Å². The quantitative estimate of drug-likeness (QED) is 0.647. The standard InChI is InChI=1S/C16H26N2O5S2/c1-11(2)18(12(3)4)15(19)10-23-16(20)14-7-6-13(24-14)8-9-17-25(5,21)22/h6-7,11-12,17H,8-10H2,1-5H3. The molecule has 0 spiro atoms. The molecule has 0 bridgehead atoms. The number of amides is 1. The summed E-state index contributed by atoms with van der Waals surface area (Å²) in [4.78, 5) is 27.2. The first-order chi connectivity index (χ1) is 11.5. The number of nitrogens with one attached hydrogen (secondary N) is 1. The summed E-state index contributed by atoms with van der Waals surface area (Å²) in [5.74, 6) is -0.777. The number of nitrogens with zero attached hydrogens (tertiary/aromatic N) is 1. The minimum atomic E-state index is -3.22. The van der Waals surface area contributed by atoms with Crippen molar-refractivity contribution in [3.8, 4) is 0 Å². The molecule has 1 heterocycles. The van der Waals surface area contributed by atoms with Crippen LogP contribution in [0.4, 0.5) is 0 Å². The van der Waals surface area contributed by atoms with Crippen molar-refractivity contribution in [3.05, 3.63) is 21.9 Å². The van der Waals surface area contributed by atoms with Crippen LogP contribution in [0, 0.1) is 0 Å². The fourth-order valence-electron chi connectivity index (χ4n) is 2.43. The van der Waals surface area contributed by atoms with E-state index >= 15 is 0 Å². The van der Waals surface area contributed by atoms with Crippen LogP contribution in [0.1, 0.15) is 42.2 Å². The predicted octanol–water partition coefficient (Wildman–Crippen LogP) is 1.64. The molecule has 142 valence electrons. The Balaban J connectivity index is 2.54. The number of sulfonamides is 1. The van der Waals surface area contributed by atoms with Gasteiger partial charge in [0.15, 0.2) is 6.61 Å². The Kier molecular flexibility index (Phi) is 8.04. The van der Waals surface area contributed by atoms with Crippen LogP contribution < -0.4 is 4.72 Å². The van der Waals surface area contributed by atoms with E-state index in [4.69, 9.17) is 4.74 Å². The molecule has 0 unspecified atom stereocenters. The highest BCUT2D eigenvalue weighted by Crippen LogP contribution is 2.18. The molecule has 1 amide bonds. The van der Waals surface area contributed by atoms with E-state index in [1.54, 1.807) is 17.0 Å². The zero-order valence-electron chi connectivity index (χ0n) is 15.2. The lowest BCUT2D eigenvalue weighted by molar-refractivity contribution is -0.138. The lowest BCUT2D eigenvalue weighted by atomic mass is 10.2. The van der Waals surface area contributed by atoms with Crippen molar-refractivity contribution in [2.24, 2.45) is 0 Å². The Bertz CT molecular complexity index is 687. The molecule has 0 radical (unpaired) electrons. The van der Waals surface area contributed by atoms with E-state index in [9.17, 15) is 18.0 Å². The average Bonchev–Trinajstić information content (AvgIpc) is 2.91. The topological polar surface area (TPSA) is 92.8 Å². The Morgan fingerprint density at radius 3 is 2.32 bits per heavy atom. The fourth-order valence-corrected chi connectivity index (χ4v) is 3.80. The minimum absolute atomic E-state index is 0.0295. The van der Waals surface area contributed by atoms with Gasteiger partial charge in [-0.15, -0.1) is 11.3 Å². The molecule has 1 aromatic heterocycles. The highest BCUT2D eigenvalue weighted by atomic mass is 32.2. The number of hydrogen-bond acceptors (Lipinski definition) is 6. The molecule has 0 aromatic carbocycles. The lowest BCUT2D eigenvalue weighted by Crippen LogP contribution is -2.44. The van der Waals surface area contributed by atoms with Gasteiger partial charge in [0.1, 0.15) is 4.88 Å². The monoisotopic (exact) mass is 390 g/mol. The molecule has 0 saturated carbocycles. The van der Waals surface area contributed by atoms with Gasteiger partial charge in [-0.1, -0.05) is 0 Å². The number of hydrogen-bond donors (Lipinski definition) is 1. The number of carbonyl (C=O) groups excluding carboxylic acids is 2. The molecular formula is C16H26N2O5S2. The minimum Gasteiger partial charge on any atom is -0.451 e. The van der Waals surface area contributed by atoms with E-state index in [1.165, 1.54) is 11.3 Å². The second kappa shape index (κ2) is 9.30. The third-order valence-corrected chi connectivity index (χ3v) is 5.18. The van der Waals surface area contributed by atoms with Crippen molar-refractivity contribution in [2.45, 2.75) is 46.2 Å². The van der Waals surface area contributed by atoms with Gasteiger partial charge >= 0.3 is 5.97 Å². The summed E-state index contributed by atoms with van der Waals surface area (Å²) in [7, 11) is -3.22. The maximum atomic E-state index is 12.2. The third-order valence-electron chi connectivity index (χ3n) is 3.33. The predicted molar refractivity (Wildman–Crippen MR) is 98.3 cm³/mol. The molecule has 1 aromatic rings. The van der Waals surface area contributed by atoms with E-state index in [0.717, 1.165) is 11.1 Å².